The second-order valence-corrected chi connectivity index (χ2v) is 7.42. The predicted molar refractivity (Wildman–Crippen MR) is 98.8 cm³/mol. The third-order valence-corrected chi connectivity index (χ3v) is 5.68. The summed E-state index contributed by atoms with van der Waals surface area (Å²) in [6.45, 7) is 4.45. The largest absolute Gasteiger partial charge is 0.393 e. The number of thiophene rings is 1. The molecule has 2 aromatic rings. The number of nitrogens with zero attached hydrogens (tertiary/aromatic N) is 1. The monoisotopic (exact) mass is 344 g/mol. The number of carbonyl (C=O) groups excluding carboxylic acids is 1. The average molecular weight is 344 g/mol. The van der Waals surface area contributed by atoms with Crippen molar-refractivity contribution in [2.75, 3.05) is 18.0 Å². The Morgan fingerprint density at radius 2 is 1.83 bits per heavy atom. The Kier molecular flexibility index (Phi) is 5.53. The molecule has 0 spiro atoms. The zero-order chi connectivity index (χ0) is 16.9. The SMILES string of the molecule is CCc1ccc(CNC(=O)c2ccc(N3CCC(O)CC3)cc2)s1. The van der Waals surface area contributed by atoms with Crippen molar-refractivity contribution in [1.29, 1.82) is 0 Å². The molecule has 5 heteroatoms. The van der Waals surface area contributed by atoms with E-state index in [0.717, 1.165) is 38.0 Å². The minimum atomic E-state index is -0.170. The van der Waals surface area contributed by atoms with E-state index in [0.29, 0.717) is 12.1 Å². The van der Waals surface area contributed by atoms with Crippen molar-refractivity contribution in [2.45, 2.75) is 38.8 Å². The molecule has 2 heterocycles. The van der Waals surface area contributed by atoms with Crippen LogP contribution in [0, 0.1) is 0 Å². The van der Waals surface area contributed by atoms with E-state index in [4.69, 9.17) is 0 Å². The van der Waals surface area contributed by atoms with E-state index in [1.165, 1.54) is 9.75 Å². The Morgan fingerprint density at radius 3 is 2.46 bits per heavy atom. The van der Waals surface area contributed by atoms with Crippen molar-refractivity contribution in [1.82, 2.24) is 5.32 Å². The molecular formula is C19H24N2O2S. The van der Waals surface area contributed by atoms with Gasteiger partial charge < -0.3 is 15.3 Å². The number of aryl methyl sites for hydroxylation is 1. The first kappa shape index (κ1) is 17.0. The zero-order valence-electron chi connectivity index (χ0n) is 14.0. The number of piperidine rings is 1. The lowest BCUT2D eigenvalue weighted by Gasteiger charge is -2.31. The van der Waals surface area contributed by atoms with Gasteiger partial charge >= 0.3 is 0 Å². The van der Waals surface area contributed by atoms with E-state index in [2.05, 4.69) is 29.3 Å². The fourth-order valence-corrected chi connectivity index (χ4v) is 3.82. The minimum absolute atomic E-state index is 0.0398. The van der Waals surface area contributed by atoms with Gasteiger partial charge in [0.15, 0.2) is 0 Å². The summed E-state index contributed by atoms with van der Waals surface area (Å²) in [4.78, 5) is 17.1. The van der Waals surface area contributed by atoms with Crippen molar-refractivity contribution in [3.63, 3.8) is 0 Å². The van der Waals surface area contributed by atoms with Crippen molar-refractivity contribution in [2.24, 2.45) is 0 Å². The molecule has 3 rings (SSSR count). The fourth-order valence-electron chi connectivity index (χ4n) is 2.92. The van der Waals surface area contributed by atoms with E-state index in [1.54, 1.807) is 11.3 Å². The summed E-state index contributed by atoms with van der Waals surface area (Å²) in [5.74, 6) is -0.0398. The quantitative estimate of drug-likeness (QED) is 0.876. The molecule has 24 heavy (non-hydrogen) atoms. The molecule has 0 unspecified atom stereocenters. The molecule has 0 atom stereocenters. The first-order valence-electron chi connectivity index (χ1n) is 8.54. The Morgan fingerprint density at radius 1 is 1.17 bits per heavy atom. The molecule has 1 saturated heterocycles. The van der Waals surface area contributed by atoms with Gasteiger partial charge in [0.1, 0.15) is 0 Å². The summed E-state index contributed by atoms with van der Waals surface area (Å²) in [5.41, 5.74) is 1.80. The van der Waals surface area contributed by atoms with E-state index in [1.807, 2.05) is 24.3 Å². The Bertz CT molecular complexity index is 673. The maximum absolute atomic E-state index is 12.3. The lowest BCUT2D eigenvalue weighted by molar-refractivity contribution is 0.0951. The number of anilines is 1. The minimum Gasteiger partial charge on any atom is -0.393 e. The number of amides is 1. The van der Waals surface area contributed by atoms with Crippen molar-refractivity contribution >= 4 is 22.9 Å². The van der Waals surface area contributed by atoms with Crippen molar-refractivity contribution in [3.8, 4) is 0 Å². The number of hydrogen-bond acceptors (Lipinski definition) is 4. The molecule has 1 aliphatic heterocycles. The molecule has 2 N–H and O–H groups in total. The van der Waals surface area contributed by atoms with Crippen LogP contribution in [0.4, 0.5) is 5.69 Å². The molecule has 1 aromatic heterocycles. The van der Waals surface area contributed by atoms with Gasteiger partial charge in [-0.25, -0.2) is 0 Å². The second-order valence-electron chi connectivity index (χ2n) is 6.17. The number of carbonyl (C=O) groups is 1. The molecule has 1 fully saturated rings. The van der Waals surface area contributed by atoms with Crippen LogP contribution in [0.15, 0.2) is 36.4 Å². The number of rotatable bonds is 5. The smallest absolute Gasteiger partial charge is 0.251 e. The summed E-state index contributed by atoms with van der Waals surface area (Å²) < 4.78 is 0. The van der Waals surface area contributed by atoms with Gasteiger partial charge in [0.25, 0.3) is 5.91 Å². The van der Waals surface area contributed by atoms with Crippen LogP contribution < -0.4 is 10.2 Å². The van der Waals surface area contributed by atoms with E-state index in [-0.39, 0.29) is 12.0 Å². The summed E-state index contributed by atoms with van der Waals surface area (Å²) in [6, 6.07) is 11.9. The molecular weight excluding hydrogens is 320 g/mol. The van der Waals surface area contributed by atoms with Crippen LogP contribution in [0.3, 0.4) is 0 Å². The standard InChI is InChI=1S/C19H24N2O2S/c1-2-17-7-8-18(24-17)13-20-19(23)14-3-5-15(6-4-14)21-11-9-16(22)10-12-21/h3-8,16,22H,2,9-13H2,1H3,(H,20,23). The second kappa shape index (κ2) is 7.81. The van der Waals surface area contributed by atoms with Crippen LogP contribution in [0.1, 0.15) is 39.9 Å². The highest BCUT2D eigenvalue weighted by molar-refractivity contribution is 7.11. The number of aliphatic hydroxyl groups is 1. The number of hydrogen-bond donors (Lipinski definition) is 2. The summed E-state index contributed by atoms with van der Waals surface area (Å²) >= 11 is 1.75. The Balaban J connectivity index is 1.55. The Labute approximate surface area is 147 Å². The molecule has 0 radical (unpaired) electrons. The third kappa shape index (κ3) is 4.16. The molecule has 4 nitrogen and oxygen atoms in total. The highest BCUT2D eigenvalue weighted by Crippen LogP contribution is 2.21. The summed E-state index contributed by atoms with van der Waals surface area (Å²) in [7, 11) is 0. The van der Waals surface area contributed by atoms with E-state index >= 15 is 0 Å². The van der Waals surface area contributed by atoms with Gasteiger partial charge in [0.05, 0.1) is 12.6 Å². The molecule has 128 valence electrons. The first-order valence-corrected chi connectivity index (χ1v) is 9.36. The van der Waals surface area contributed by atoms with Crippen LogP contribution in [0.25, 0.3) is 0 Å². The van der Waals surface area contributed by atoms with Crippen LogP contribution in [0.5, 0.6) is 0 Å². The zero-order valence-corrected chi connectivity index (χ0v) is 14.8. The van der Waals surface area contributed by atoms with Gasteiger partial charge in [0.2, 0.25) is 0 Å². The average Bonchev–Trinajstić information content (AvgIpc) is 3.09. The number of benzene rings is 1. The summed E-state index contributed by atoms with van der Waals surface area (Å²) in [6.07, 6.45) is 2.48. The van der Waals surface area contributed by atoms with Gasteiger partial charge in [-0.3, -0.25) is 4.79 Å². The van der Waals surface area contributed by atoms with Gasteiger partial charge in [-0.2, -0.15) is 0 Å². The predicted octanol–water partition coefficient (Wildman–Crippen LogP) is 3.20. The van der Waals surface area contributed by atoms with Crippen LogP contribution in [0.2, 0.25) is 0 Å². The highest BCUT2D eigenvalue weighted by atomic mass is 32.1. The number of aliphatic hydroxyl groups excluding tert-OH is 1. The third-order valence-electron chi connectivity index (χ3n) is 4.45. The normalized spacial score (nSPS) is 15.5. The molecule has 1 aliphatic rings. The Hall–Kier alpha value is -1.85. The van der Waals surface area contributed by atoms with Crippen molar-refractivity contribution in [3.05, 3.63) is 51.7 Å². The molecule has 1 aromatic carbocycles. The topological polar surface area (TPSA) is 52.6 Å². The van der Waals surface area contributed by atoms with Gasteiger partial charge in [-0.1, -0.05) is 6.92 Å². The molecule has 1 amide bonds. The van der Waals surface area contributed by atoms with Gasteiger partial charge in [-0.15, -0.1) is 11.3 Å². The van der Waals surface area contributed by atoms with Crippen LogP contribution in [-0.2, 0) is 13.0 Å². The maximum atomic E-state index is 12.3. The van der Waals surface area contributed by atoms with Crippen LogP contribution >= 0.6 is 11.3 Å². The van der Waals surface area contributed by atoms with Gasteiger partial charge in [-0.05, 0) is 55.7 Å². The van der Waals surface area contributed by atoms with E-state index in [9.17, 15) is 9.90 Å². The van der Waals surface area contributed by atoms with Crippen molar-refractivity contribution < 1.29 is 9.90 Å². The molecule has 0 bridgehead atoms. The number of nitrogens with one attached hydrogen (secondary N) is 1. The maximum Gasteiger partial charge on any atom is 0.251 e. The summed E-state index contributed by atoms with van der Waals surface area (Å²) in [5, 5.41) is 12.6. The first-order chi connectivity index (χ1) is 11.7. The van der Waals surface area contributed by atoms with Crippen LogP contribution in [-0.4, -0.2) is 30.2 Å². The lowest BCUT2D eigenvalue weighted by atomic mass is 10.1. The van der Waals surface area contributed by atoms with Gasteiger partial charge in [0, 0.05) is 34.1 Å². The van der Waals surface area contributed by atoms with E-state index < -0.39 is 0 Å². The molecule has 0 saturated carbocycles. The fraction of sp³-hybridized carbons (Fsp3) is 0.421. The highest BCUT2D eigenvalue weighted by Gasteiger charge is 2.17. The molecule has 0 aliphatic carbocycles. The lowest BCUT2D eigenvalue weighted by Crippen LogP contribution is -2.35.